The molecule has 1 saturated heterocycles. The molecule has 1 unspecified atom stereocenters. The molecule has 1 fully saturated rings. The van der Waals surface area contributed by atoms with Crippen LogP contribution in [0, 0.1) is 13.8 Å². The Bertz CT molecular complexity index is 1120. The highest BCUT2D eigenvalue weighted by Crippen LogP contribution is 2.36. The Morgan fingerprint density at radius 2 is 1.94 bits per heavy atom. The maximum Gasteiger partial charge on any atom is 0.204 e. The van der Waals surface area contributed by atoms with E-state index in [9.17, 15) is 5.11 Å². The van der Waals surface area contributed by atoms with Gasteiger partial charge in [-0.3, -0.25) is 14.9 Å². The number of nitrogens with zero attached hydrogens (tertiary/aromatic N) is 5. The molecular weight excluding hydrogens is 416 g/mol. The molecule has 3 heterocycles. The zero-order valence-corrected chi connectivity index (χ0v) is 19.7. The van der Waals surface area contributed by atoms with Gasteiger partial charge in [0.25, 0.3) is 0 Å². The second-order valence-corrected chi connectivity index (χ2v) is 9.16. The summed E-state index contributed by atoms with van der Waals surface area (Å²) >= 11 is 0. The summed E-state index contributed by atoms with van der Waals surface area (Å²) in [6.07, 6.45) is 4.09. The highest BCUT2D eigenvalue weighted by Gasteiger charge is 2.29. The van der Waals surface area contributed by atoms with Crippen molar-refractivity contribution >= 4 is 17.0 Å². The number of aryl methyl sites for hydroxylation is 3. The molecule has 1 aromatic carbocycles. The number of aliphatic hydroxyl groups excluding tert-OH is 1. The minimum absolute atomic E-state index is 0.0167. The second-order valence-electron chi connectivity index (χ2n) is 9.16. The Morgan fingerprint density at radius 1 is 1.12 bits per heavy atom. The van der Waals surface area contributed by atoms with Crippen molar-refractivity contribution < 1.29 is 9.84 Å². The van der Waals surface area contributed by atoms with Crippen molar-refractivity contribution in [2.24, 2.45) is 0 Å². The van der Waals surface area contributed by atoms with Gasteiger partial charge in [-0.2, -0.15) is 0 Å². The first-order valence-electron chi connectivity index (χ1n) is 12.1. The van der Waals surface area contributed by atoms with Gasteiger partial charge in [0.15, 0.2) is 0 Å². The average molecular weight is 451 g/mol. The molecule has 0 saturated carbocycles. The third kappa shape index (κ3) is 4.60. The average Bonchev–Trinajstić information content (AvgIpc) is 3.20. The van der Waals surface area contributed by atoms with Crippen LogP contribution in [0.5, 0.6) is 0 Å². The molecule has 0 amide bonds. The van der Waals surface area contributed by atoms with Crippen LogP contribution >= 0.6 is 0 Å². The van der Waals surface area contributed by atoms with E-state index in [0.717, 1.165) is 110 Å². The fraction of sp³-hybridized carbons (Fsp3) is 0.560. The molecule has 0 radical (unpaired) electrons. The van der Waals surface area contributed by atoms with Crippen molar-refractivity contribution in [2.75, 3.05) is 44.7 Å². The van der Waals surface area contributed by atoms with E-state index in [1.165, 1.54) is 0 Å². The number of aromatic nitrogens is 4. The fourth-order valence-corrected chi connectivity index (χ4v) is 4.97. The highest BCUT2D eigenvalue weighted by molar-refractivity contribution is 5.80. The monoisotopic (exact) mass is 450 g/mol. The molecule has 0 bridgehead atoms. The van der Waals surface area contributed by atoms with Gasteiger partial charge in [-0.05, 0) is 63.8 Å². The van der Waals surface area contributed by atoms with Gasteiger partial charge in [0.2, 0.25) is 5.95 Å². The lowest BCUT2D eigenvalue weighted by molar-refractivity contribution is 0.0378. The van der Waals surface area contributed by atoms with Gasteiger partial charge in [0.05, 0.1) is 59.7 Å². The standard InChI is InChI=1S/C25H34N6O2/c1-17-18(2)28-24-21(27-17)5-3-6-22(24)31-23-15-19(16-32)7-8-20(23)29-25(31)26-9-4-10-30-11-13-33-14-12-30/h7-8,15,22,32H,3-6,9-14,16H2,1-2H3,(H,26,29). The van der Waals surface area contributed by atoms with Crippen molar-refractivity contribution in [1.82, 2.24) is 24.4 Å². The number of rotatable bonds is 7. The van der Waals surface area contributed by atoms with Gasteiger partial charge in [0, 0.05) is 19.6 Å². The minimum atomic E-state index is 0.0167. The van der Waals surface area contributed by atoms with Crippen LogP contribution in [0.4, 0.5) is 5.95 Å². The smallest absolute Gasteiger partial charge is 0.204 e. The van der Waals surface area contributed by atoms with Crippen LogP contribution in [0.2, 0.25) is 0 Å². The fourth-order valence-electron chi connectivity index (χ4n) is 4.97. The van der Waals surface area contributed by atoms with Gasteiger partial charge < -0.3 is 19.7 Å². The molecule has 2 aromatic heterocycles. The van der Waals surface area contributed by atoms with Crippen LogP contribution < -0.4 is 5.32 Å². The number of nitrogens with one attached hydrogen (secondary N) is 1. The number of anilines is 1. The normalized spacial score (nSPS) is 19.1. The van der Waals surface area contributed by atoms with Crippen LogP contribution in [0.3, 0.4) is 0 Å². The maximum atomic E-state index is 9.75. The first kappa shape index (κ1) is 22.3. The van der Waals surface area contributed by atoms with E-state index >= 15 is 0 Å². The maximum absolute atomic E-state index is 9.75. The molecule has 33 heavy (non-hydrogen) atoms. The molecule has 1 aliphatic carbocycles. The molecule has 8 heteroatoms. The minimum Gasteiger partial charge on any atom is -0.392 e. The number of morpholine rings is 1. The van der Waals surface area contributed by atoms with Gasteiger partial charge >= 0.3 is 0 Å². The summed E-state index contributed by atoms with van der Waals surface area (Å²) in [6, 6.07) is 6.10. The summed E-state index contributed by atoms with van der Waals surface area (Å²) < 4.78 is 7.75. The van der Waals surface area contributed by atoms with E-state index in [1.807, 2.05) is 26.0 Å². The molecule has 2 aliphatic rings. The molecule has 5 rings (SSSR count). The van der Waals surface area contributed by atoms with Crippen molar-refractivity contribution in [3.63, 3.8) is 0 Å². The van der Waals surface area contributed by atoms with Crippen LogP contribution in [-0.4, -0.2) is 68.9 Å². The third-order valence-corrected chi connectivity index (χ3v) is 6.90. The van der Waals surface area contributed by atoms with E-state index in [-0.39, 0.29) is 12.6 Å². The molecule has 3 aromatic rings. The molecule has 1 aliphatic heterocycles. The number of fused-ring (bicyclic) bond motifs is 2. The predicted octanol–water partition coefficient (Wildman–Crippen LogP) is 3.00. The Kier molecular flexibility index (Phi) is 6.57. The Balaban J connectivity index is 1.46. The van der Waals surface area contributed by atoms with E-state index in [4.69, 9.17) is 19.7 Å². The topological polar surface area (TPSA) is 88.3 Å². The Labute approximate surface area is 195 Å². The third-order valence-electron chi connectivity index (χ3n) is 6.90. The van der Waals surface area contributed by atoms with Crippen molar-refractivity contribution in [3.05, 3.63) is 46.5 Å². The first-order valence-corrected chi connectivity index (χ1v) is 12.1. The Hall–Kier alpha value is -2.55. The quantitative estimate of drug-likeness (QED) is 0.535. The molecule has 2 N–H and O–H groups in total. The first-order chi connectivity index (χ1) is 16.1. The van der Waals surface area contributed by atoms with Crippen LogP contribution in [0.25, 0.3) is 11.0 Å². The van der Waals surface area contributed by atoms with Crippen molar-refractivity contribution in [3.8, 4) is 0 Å². The van der Waals surface area contributed by atoms with Gasteiger partial charge in [-0.15, -0.1) is 0 Å². The summed E-state index contributed by atoms with van der Waals surface area (Å²) in [6.45, 7) is 9.69. The van der Waals surface area contributed by atoms with E-state index in [1.54, 1.807) is 0 Å². The molecular formula is C25H34N6O2. The summed E-state index contributed by atoms with van der Waals surface area (Å²) in [7, 11) is 0. The van der Waals surface area contributed by atoms with Crippen LogP contribution in [0.1, 0.15) is 53.6 Å². The van der Waals surface area contributed by atoms with Crippen molar-refractivity contribution in [2.45, 2.75) is 52.2 Å². The second kappa shape index (κ2) is 9.75. The number of hydrogen-bond acceptors (Lipinski definition) is 7. The predicted molar refractivity (Wildman–Crippen MR) is 129 cm³/mol. The summed E-state index contributed by atoms with van der Waals surface area (Å²) in [4.78, 5) is 17.3. The van der Waals surface area contributed by atoms with E-state index in [0.29, 0.717) is 0 Å². The Morgan fingerprint density at radius 3 is 2.76 bits per heavy atom. The van der Waals surface area contributed by atoms with Gasteiger partial charge in [0.1, 0.15) is 0 Å². The number of ether oxygens (including phenoxy) is 1. The largest absolute Gasteiger partial charge is 0.392 e. The lowest BCUT2D eigenvalue weighted by atomic mass is 9.94. The number of aliphatic hydroxyl groups is 1. The lowest BCUT2D eigenvalue weighted by Gasteiger charge is -2.28. The zero-order valence-electron chi connectivity index (χ0n) is 19.7. The SMILES string of the molecule is Cc1nc2c(nc1C)C(n1c(NCCCN3CCOCC3)nc3ccc(CO)cc31)CCC2. The summed E-state index contributed by atoms with van der Waals surface area (Å²) in [5.74, 6) is 0.875. The van der Waals surface area contributed by atoms with E-state index in [2.05, 4.69) is 20.9 Å². The van der Waals surface area contributed by atoms with Crippen molar-refractivity contribution in [1.29, 1.82) is 0 Å². The van der Waals surface area contributed by atoms with Gasteiger partial charge in [-0.1, -0.05) is 6.07 Å². The molecule has 176 valence electrons. The lowest BCUT2D eigenvalue weighted by Crippen LogP contribution is -2.37. The molecule has 8 nitrogen and oxygen atoms in total. The highest BCUT2D eigenvalue weighted by atomic mass is 16.5. The van der Waals surface area contributed by atoms with E-state index < -0.39 is 0 Å². The van der Waals surface area contributed by atoms with Crippen LogP contribution in [-0.2, 0) is 17.8 Å². The molecule has 0 spiro atoms. The number of benzene rings is 1. The summed E-state index contributed by atoms with van der Waals surface area (Å²) in [5.41, 5.74) is 7.03. The van der Waals surface area contributed by atoms with Crippen LogP contribution in [0.15, 0.2) is 18.2 Å². The number of hydrogen-bond donors (Lipinski definition) is 2. The van der Waals surface area contributed by atoms with Gasteiger partial charge in [-0.25, -0.2) is 4.98 Å². The summed E-state index contributed by atoms with van der Waals surface area (Å²) in [5, 5.41) is 13.4. The zero-order chi connectivity index (χ0) is 22.8. The number of imidazole rings is 1. The molecule has 1 atom stereocenters.